The molecule has 1 heterocycles. The monoisotopic (exact) mass is 153 g/mol. The van der Waals surface area contributed by atoms with Gasteiger partial charge in [-0.05, 0) is 13.3 Å². The van der Waals surface area contributed by atoms with Crippen molar-refractivity contribution in [3.63, 3.8) is 0 Å². The smallest absolute Gasteiger partial charge is 0.293 e. The first-order chi connectivity index (χ1) is 5.38. The van der Waals surface area contributed by atoms with Crippen molar-refractivity contribution in [3.8, 4) is 0 Å². The Balaban J connectivity index is 2.62. The van der Waals surface area contributed by atoms with Crippen molar-refractivity contribution in [2.45, 2.75) is 12.5 Å². The molecule has 0 bridgehead atoms. The number of aromatic amines is 1. The van der Waals surface area contributed by atoms with Gasteiger partial charge in [0, 0.05) is 11.8 Å². The van der Waals surface area contributed by atoms with E-state index in [0.29, 0.717) is 12.9 Å². The summed E-state index contributed by atoms with van der Waals surface area (Å²) >= 11 is 0. The van der Waals surface area contributed by atoms with Crippen molar-refractivity contribution in [2.24, 2.45) is 0 Å². The third-order valence-electron chi connectivity index (χ3n) is 1.37. The van der Waals surface area contributed by atoms with Gasteiger partial charge >= 0.3 is 0 Å². The van der Waals surface area contributed by atoms with Gasteiger partial charge in [0.25, 0.3) is 6.47 Å². The molecule has 0 spiro atoms. The Morgan fingerprint density at radius 2 is 2.73 bits per heavy atom. The third kappa shape index (κ3) is 1.80. The fraction of sp³-hybridized carbons (Fsp3) is 0.286. The van der Waals surface area contributed by atoms with Crippen LogP contribution in [0.1, 0.15) is 18.1 Å². The molecule has 1 rings (SSSR count). The molecule has 0 aliphatic rings. The molecule has 0 saturated carbocycles. The molecular weight excluding hydrogens is 144 g/mol. The van der Waals surface area contributed by atoms with Gasteiger partial charge in [-0.2, -0.15) is 5.10 Å². The van der Waals surface area contributed by atoms with Crippen molar-refractivity contribution in [1.82, 2.24) is 10.2 Å². The summed E-state index contributed by atoms with van der Waals surface area (Å²) in [5.74, 6) is 0. The zero-order chi connectivity index (χ0) is 8.10. The lowest BCUT2D eigenvalue weighted by Gasteiger charge is -2.08. The summed E-state index contributed by atoms with van der Waals surface area (Å²) in [6, 6.07) is 0. The molecule has 1 radical (unpaired) electrons. The summed E-state index contributed by atoms with van der Waals surface area (Å²) < 4.78 is 4.73. The second-order valence-corrected chi connectivity index (χ2v) is 2.04. The van der Waals surface area contributed by atoms with E-state index in [-0.39, 0.29) is 6.10 Å². The van der Waals surface area contributed by atoms with Gasteiger partial charge in [-0.1, -0.05) is 0 Å². The van der Waals surface area contributed by atoms with E-state index in [1.807, 2.05) is 0 Å². The van der Waals surface area contributed by atoms with Crippen LogP contribution in [0.4, 0.5) is 0 Å². The molecule has 1 aromatic rings. The van der Waals surface area contributed by atoms with Gasteiger partial charge in [-0.3, -0.25) is 9.89 Å². The summed E-state index contributed by atoms with van der Waals surface area (Å²) in [5.41, 5.74) is 0.840. The first-order valence-corrected chi connectivity index (χ1v) is 3.25. The zero-order valence-electron chi connectivity index (χ0n) is 5.99. The van der Waals surface area contributed by atoms with E-state index < -0.39 is 0 Å². The van der Waals surface area contributed by atoms with E-state index in [1.165, 1.54) is 0 Å². The average Bonchev–Trinajstić information content (AvgIpc) is 2.52. The second kappa shape index (κ2) is 3.75. The van der Waals surface area contributed by atoms with Crippen LogP contribution in [0.15, 0.2) is 12.4 Å². The lowest BCUT2D eigenvalue weighted by molar-refractivity contribution is -0.133. The van der Waals surface area contributed by atoms with Crippen molar-refractivity contribution in [1.29, 1.82) is 0 Å². The number of rotatable bonds is 4. The summed E-state index contributed by atoms with van der Waals surface area (Å²) in [5, 5.41) is 6.35. The van der Waals surface area contributed by atoms with E-state index in [1.54, 1.807) is 12.4 Å². The molecule has 0 aliphatic carbocycles. The lowest BCUT2D eigenvalue weighted by atomic mass is 10.1. The predicted molar refractivity (Wildman–Crippen MR) is 38.5 cm³/mol. The molecule has 1 unspecified atom stereocenters. The quantitative estimate of drug-likeness (QED) is 0.652. The maximum absolute atomic E-state index is 9.99. The molecule has 0 fully saturated rings. The molecule has 1 aromatic heterocycles. The molecule has 4 heteroatoms. The van der Waals surface area contributed by atoms with Gasteiger partial charge in [-0.15, -0.1) is 0 Å². The maximum atomic E-state index is 9.99. The second-order valence-electron chi connectivity index (χ2n) is 2.04. The number of ether oxygens (including phenoxy) is 1. The van der Waals surface area contributed by atoms with Gasteiger partial charge in [-0.25, -0.2) is 0 Å². The lowest BCUT2D eigenvalue weighted by Crippen LogP contribution is -1.99. The molecule has 0 saturated heterocycles. The minimum atomic E-state index is -0.272. The van der Waals surface area contributed by atoms with E-state index >= 15 is 0 Å². The fourth-order valence-electron chi connectivity index (χ4n) is 0.817. The molecule has 11 heavy (non-hydrogen) atoms. The number of carbonyl (C=O) groups excluding carboxylic acids is 1. The highest BCUT2D eigenvalue weighted by atomic mass is 16.5. The van der Waals surface area contributed by atoms with Gasteiger partial charge < -0.3 is 4.74 Å². The number of nitrogens with one attached hydrogen (secondary N) is 1. The van der Waals surface area contributed by atoms with Gasteiger partial charge in [0.15, 0.2) is 0 Å². The Labute approximate surface area is 64.6 Å². The van der Waals surface area contributed by atoms with Crippen LogP contribution in [-0.4, -0.2) is 16.7 Å². The summed E-state index contributed by atoms with van der Waals surface area (Å²) in [6.45, 7) is 4.05. The Bertz CT molecular complexity index is 208. The number of nitrogens with zero attached hydrogens (tertiary/aromatic N) is 1. The van der Waals surface area contributed by atoms with E-state index in [2.05, 4.69) is 17.1 Å². The normalized spacial score (nSPS) is 12.5. The van der Waals surface area contributed by atoms with Crippen LogP contribution < -0.4 is 0 Å². The minimum absolute atomic E-state index is 0.272. The van der Waals surface area contributed by atoms with Gasteiger partial charge in [0.2, 0.25) is 0 Å². The van der Waals surface area contributed by atoms with Crippen molar-refractivity contribution in [2.75, 3.05) is 0 Å². The highest BCUT2D eigenvalue weighted by Gasteiger charge is 2.09. The standard InChI is InChI=1S/C7H9N2O2/c1-2-7(11-5-10)6-3-8-9-4-6/h3-5,7H,1-2H2,(H,8,9). The van der Waals surface area contributed by atoms with Gasteiger partial charge in [0.1, 0.15) is 6.10 Å². The first-order valence-electron chi connectivity index (χ1n) is 3.25. The molecular formula is C7H9N2O2. The number of hydrogen-bond donors (Lipinski definition) is 1. The summed E-state index contributed by atoms with van der Waals surface area (Å²) in [6.07, 6.45) is 3.53. The highest BCUT2D eigenvalue weighted by molar-refractivity contribution is 5.38. The topological polar surface area (TPSA) is 55.0 Å². The molecule has 4 nitrogen and oxygen atoms in total. The first kappa shape index (κ1) is 7.78. The molecule has 0 aromatic carbocycles. The minimum Gasteiger partial charge on any atom is -0.460 e. The van der Waals surface area contributed by atoms with Crippen molar-refractivity contribution < 1.29 is 9.53 Å². The number of aromatic nitrogens is 2. The van der Waals surface area contributed by atoms with Crippen LogP contribution in [-0.2, 0) is 9.53 Å². The maximum Gasteiger partial charge on any atom is 0.293 e. The predicted octanol–water partition coefficient (Wildman–Crippen LogP) is 0.848. The van der Waals surface area contributed by atoms with Crippen LogP contribution in [0.3, 0.4) is 0 Å². The highest BCUT2D eigenvalue weighted by Crippen LogP contribution is 2.17. The van der Waals surface area contributed by atoms with E-state index in [9.17, 15) is 4.79 Å². The van der Waals surface area contributed by atoms with Crippen LogP contribution in [0.25, 0.3) is 0 Å². The number of H-pyrrole nitrogens is 1. The number of hydrogen-bond acceptors (Lipinski definition) is 3. The van der Waals surface area contributed by atoms with Crippen LogP contribution in [0.5, 0.6) is 0 Å². The summed E-state index contributed by atoms with van der Waals surface area (Å²) in [7, 11) is 0. The van der Waals surface area contributed by atoms with E-state index in [4.69, 9.17) is 4.74 Å². The molecule has 1 atom stereocenters. The SMILES string of the molecule is [CH2]CC(OC=O)c1cn[nH]c1. The Kier molecular flexibility index (Phi) is 2.66. The molecule has 0 aliphatic heterocycles. The Morgan fingerprint density at radius 3 is 3.18 bits per heavy atom. The Hall–Kier alpha value is -1.32. The third-order valence-corrected chi connectivity index (χ3v) is 1.37. The Morgan fingerprint density at radius 1 is 1.91 bits per heavy atom. The van der Waals surface area contributed by atoms with E-state index in [0.717, 1.165) is 5.56 Å². The molecule has 1 N–H and O–H groups in total. The fourth-order valence-corrected chi connectivity index (χ4v) is 0.817. The average molecular weight is 153 g/mol. The molecule has 0 amide bonds. The van der Waals surface area contributed by atoms with Crippen molar-refractivity contribution >= 4 is 6.47 Å². The number of carbonyl (C=O) groups is 1. The zero-order valence-corrected chi connectivity index (χ0v) is 5.99. The van der Waals surface area contributed by atoms with Crippen molar-refractivity contribution in [3.05, 3.63) is 24.9 Å². The molecule has 59 valence electrons. The van der Waals surface area contributed by atoms with Crippen LogP contribution >= 0.6 is 0 Å². The van der Waals surface area contributed by atoms with Crippen LogP contribution in [0, 0.1) is 6.92 Å². The summed E-state index contributed by atoms with van der Waals surface area (Å²) in [4.78, 5) is 9.99. The van der Waals surface area contributed by atoms with Crippen LogP contribution in [0.2, 0.25) is 0 Å². The van der Waals surface area contributed by atoms with Gasteiger partial charge in [0.05, 0.1) is 6.20 Å². The largest absolute Gasteiger partial charge is 0.460 e.